The van der Waals surface area contributed by atoms with Gasteiger partial charge in [0, 0.05) is 12.7 Å². The maximum Gasteiger partial charge on any atom is 0.135 e. The molecule has 1 aromatic carbocycles. The molecule has 21 heavy (non-hydrogen) atoms. The van der Waals surface area contributed by atoms with Gasteiger partial charge in [-0.2, -0.15) is 0 Å². The molecule has 1 aliphatic heterocycles. The smallest absolute Gasteiger partial charge is 0.135 e. The van der Waals surface area contributed by atoms with E-state index in [2.05, 4.69) is 34.3 Å². The van der Waals surface area contributed by atoms with Gasteiger partial charge in [-0.15, -0.1) is 0 Å². The Bertz CT molecular complexity index is 600. The lowest BCUT2D eigenvalue weighted by Crippen LogP contribution is -2.22. The highest BCUT2D eigenvalue weighted by Crippen LogP contribution is 2.30. The van der Waals surface area contributed by atoms with Gasteiger partial charge in [0.2, 0.25) is 0 Å². The zero-order chi connectivity index (χ0) is 14.5. The summed E-state index contributed by atoms with van der Waals surface area (Å²) in [6, 6.07) is 10.2. The van der Waals surface area contributed by atoms with Crippen molar-refractivity contribution in [1.29, 1.82) is 0 Å². The minimum absolute atomic E-state index is 0.242. The normalized spacial score (nSPS) is 17.1. The van der Waals surface area contributed by atoms with E-state index >= 15 is 0 Å². The number of hydrogen-bond acceptors (Lipinski definition) is 4. The van der Waals surface area contributed by atoms with Crippen LogP contribution in [0, 0.1) is 0 Å². The van der Waals surface area contributed by atoms with E-state index in [-0.39, 0.29) is 5.92 Å². The van der Waals surface area contributed by atoms with Crippen molar-refractivity contribution in [3.05, 3.63) is 53.6 Å². The van der Waals surface area contributed by atoms with Crippen molar-refractivity contribution in [2.75, 3.05) is 13.2 Å². The molecule has 1 unspecified atom stereocenters. The standard InChI is InChI=1S/C17H21N3O/c1-2-8-18-11-15-7-9-19-17(20-15)14-10-13-5-3-4-6-16(13)21-12-14/h3-7,9,14,18H,2,8,10-12H2,1H3. The van der Waals surface area contributed by atoms with E-state index in [1.807, 2.05) is 24.4 Å². The zero-order valence-corrected chi connectivity index (χ0v) is 12.4. The Morgan fingerprint density at radius 3 is 3.10 bits per heavy atom. The molecule has 0 spiro atoms. The fourth-order valence-electron chi connectivity index (χ4n) is 2.60. The van der Waals surface area contributed by atoms with Crippen LogP contribution in [-0.4, -0.2) is 23.1 Å². The molecular weight excluding hydrogens is 262 g/mol. The maximum absolute atomic E-state index is 5.83. The Kier molecular flexibility index (Phi) is 4.46. The van der Waals surface area contributed by atoms with Crippen LogP contribution in [0.25, 0.3) is 0 Å². The van der Waals surface area contributed by atoms with Gasteiger partial charge < -0.3 is 10.1 Å². The van der Waals surface area contributed by atoms with Gasteiger partial charge in [0.05, 0.1) is 18.2 Å². The first kappa shape index (κ1) is 14.0. The molecule has 0 amide bonds. The van der Waals surface area contributed by atoms with Gasteiger partial charge in [0.15, 0.2) is 0 Å². The molecule has 110 valence electrons. The fraction of sp³-hybridized carbons (Fsp3) is 0.412. The maximum atomic E-state index is 5.83. The van der Waals surface area contributed by atoms with Crippen LogP contribution in [0.5, 0.6) is 5.75 Å². The second-order valence-electron chi connectivity index (χ2n) is 5.40. The summed E-state index contributed by atoms with van der Waals surface area (Å²) in [5.41, 5.74) is 2.29. The predicted molar refractivity (Wildman–Crippen MR) is 82.4 cm³/mol. The molecule has 2 aromatic rings. The van der Waals surface area contributed by atoms with Gasteiger partial charge in [-0.3, -0.25) is 0 Å². The summed E-state index contributed by atoms with van der Waals surface area (Å²) in [4.78, 5) is 9.13. The third kappa shape index (κ3) is 3.39. The van der Waals surface area contributed by atoms with Gasteiger partial charge in [0.25, 0.3) is 0 Å². The SMILES string of the molecule is CCCNCc1ccnc(C2COc3ccccc3C2)n1. The van der Waals surface area contributed by atoms with Gasteiger partial charge >= 0.3 is 0 Å². The molecule has 3 rings (SSSR count). The third-order valence-corrected chi connectivity index (χ3v) is 3.71. The van der Waals surface area contributed by atoms with Gasteiger partial charge in [-0.25, -0.2) is 9.97 Å². The molecule has 1 atom stereocenters. The largest absolute Gasteiger partial charge is 0.493 e. The van der Waals surface area contributed by atoms with Crippen molar-refractivity contribution in [3.63, 3.8) is 0 Å². The number of ether oxygens (including phenoxy) is 1. The lowest BCUT2D eigenvalue weighted by Gasteiger charge is -2.24. The number of para-hydroxylation sites is 1. The predicted octanol–water partition coefficient (Wildman–Crippen LogP) is 2.69. The second kappa shape index (κ2) is 6.68. The number of nitrogens with one attached hydrogen (secondary N) is 1. The van der Waals surface area contributed by atoms with E-state index in [0.717, 1.165) is 43.2 Å². The Labute approximate surface area is 125 Å². The number of fused-ring (bicyclic) bond motifs is 1. The lowest BCUT2D eigenvalue weighted by molar-refractivity contribution is 0.257. The van der Waals surface area contributed by atoms with E-state index in [4.69, 9.17) is 4.74 Å². The summed E-state index contributed by atoms with van der Waals surface area (Å²) in [6.07, 6.45) is 3.93. The molecule has 4 nitrogen and oxygen atoms in total. The van der Waals surface area contributed by atoms with Crippen LogP contribution in [0.3, 0.4) is 0 Å². The van der Waals surface area contributed by atoms with E-state index < -0.39 is 0 Å². The molecular formula is C17H21N3O. The monoisotopic (exact) mass is 283 g/mol. The van der Waals surface area contributed by atoms with E-state index in [9.17, 15) is 0 Å². The van der Waals surface area contributed by atoms with Crippen molar-refractivity contribution in [2.45, 2.75) is 32.2 Å². The molecule has 0 saturated heterocycles. The number of nitrogens with zero attached hydrogens (tertiary/aromatic N) is 2. The highest BCUT2D eigenvalue weighted by molar-refractivity contribution is 5.36. The Morgan fingerprint density at radius 2 is 2.19 bits per heavy atom. The quantitative estimate of drug-likeness (QED) is 0.857. The third-order valence-electron chi connectivity index (χ3n) is 3.71. The number of hydrogen-bond donors (Lipinski definition) is 1. The summed E-state index contributed by atoms with van der Waals surface area (Å²) >= 11 is 0. The molecule has 0 bridgehead atoms. The average molecular weight is 283 g/mol. The second-order valence-corrected chi connectivity index (χ2v) is 5.40. The van der Waals surface area contributed by atoms with Crippen molar-refractivity contribution >= 4 is 0 Å². The summed E-state index contributed by atoms with van der Waals surface area (Å²) < 4.78 is 5.83. The zero-order valence-electron chi connectivity index (χ0n) is 12.4. The summed E-state index contributed by atoms with van der Waals surface area (Å²) in [7, 11) is 0. The van der Waals surface area contributed by atoms with Gasteiger partial charge in [-0.05, 0) is 37.1 Å². The highest BCUT2D eigenvalue weighted by atomic mass is 16.5. The van der Waals surface area contributed by atoms with Crippen LogP contribution in [0.15, 0.2) is 36.5 Å². The van der Waals surface area contributed by atoms with E-state index in [1.54, 1.807) is 0 Å². The minimum atomic E-state index is 0.242. The molecule has 0 radical (unpaired) electrons. The first-order valence-corrected chi connectivity index (χ1v) is 7.60. The summed E-state index contributed by atoms with van der Waals surface area (Å²) in [5, 5.41) is 3.38. The Balaban J connectivity index is 1.71. The van der Waals surface area contributed by atoms with Crippen LogP contribution in [0.4, 0.5) is 0 Å². The van der Waals surface area contributed by atoms with E-state index in [0.29, 0.717) is 6.61 Å². The van der Waals surface area contributed by atoms with Crippen LogP contribution in [0.2, 0.25) is 0 Å². The molecule has 4 heteroatoms. The molecule has 1 N–H and O–H groups in total. The Hall–Kier alpha value is -1.94. The first-order chi connectivity index (χ1) is 10.4. The molecule has 1 aliphatic rings. The van der Waals surface area contributed by atoms with Gasteiger partial charge in [-0.1, -0.05) is 25.1 Å². The first-order valence-electron chi connectivity index (χ1n) is 7.60. The Morgan fingerprint density at radius 1 is 1.29 bits per heavy atom. The van der Waals surface area contributed by atoms with Crippen molar-refractivity contribution in [1.82, 2.24) is 15.3 Å². The fourth-order valence-corrected chi connectivity index (χ4v) is 2.60. The summed E-state index contributed by atoms with van der Waals surface area (Å²) in [6.45, 7) is 4.63. The van der Waals surface area contributed by atoms with Crippen LogP contribution in [-0.2, 0) is 13.0 Å². The van der Waals surface area contributed by atoms with Crippen molar-refractivity contribution in [2.24, 2.45) is 0 Å². The minimum Gasteiger partial charge on any atom is -0.493 e. The van der Waals surface area contributed by atoms with Crippen LogP contribution >= 0.6 is 0 Å². The van der Waals surface area contributed by atoms with E-state index in [1.165, 1.54) is 5.56 Å². The van der Waals surface area contributed by atoms with Gasteiger partial charge in [0.1, 0.15) is 11.6 Å². The molecule has 1 aromatic heterocycles. The summed E-state index contributed by atoms with van der Waals surface area (Å²) in [5.74, 6) is 2.13. The number of rotatable bonds is 5. The molecule has 0 aliphatic carbocycles. The van der Waals surface area contributed by atoms with Crippen LogP contribution in [0.1, 0.15) is 36.3 Å². The van der Waals surface area contributed by atoms with Crippen molar-refractivity contribution in [3.8, 4) is 5.75 Å². The van der Waals surface area contributed by atoms with Crippen LogP contribution < -0.4 is 10.1 Å². The molecule has 0 saturated carbocycles. The topological polar surface area (TPSA) is 47.0 Å². The molecule has 0 fully saturated rings. The highest BCUT2D eigenvalue weighted by Gasteiger charge is 2.23. The molecule has 2 heterocycles. The average Bonchev–Trinajstić information content (AvgIpc) is 2.55. The van der Waals surface area contributed by atoms with Crippen molar-refractivity contribution < 1.29 is 4.74 Å². The number of benzene rings is 1. The lowest BCUT2D eigenvalue weighted by atomic mass is 9.96. The number of aromatic nitrogens is 2.